The molecule has 2 aromatic rings. The van der Waals surface area contributed by atoms with Crippen molar-refractivity contribution in [3.8, 4) is 11.5 Å². The molecular formula is C22H20N2O8S. The Morgan fingerprint density at radius 2 is 1.94 bits per heavy atom. The molecule has 1 aliphatic heterocycles. The number of nitrogens with zero attached hydrogens (tertiary/aromatic N) is 2. The molecule has 2 amide bonds. The van der Waals surface area contributed by atoms with Gasteiger partial charge in [-0.05, 0) is 48.0 Å². The van der Waals surface area contributed by atoms with Gasteiger partial charge in [-0.3, -0.25) is 24.6 Å². The largest absolute Gasteiger partial charge is 0.493 e. The maximum absolute atomic E-state index is 12.6. The fraction of sp³-hybridized carbons (Fsp3) is 0.227. The van der Waals surface area contributed by atoms with Crippen LogP contribution in [0.25, 0.3) is 6.08 Å². The van der Waals surface area contributed by atoms with Crippen LogP contribution in [-0.2, 0) is 20.9 Å². The van der Waals surface area contributed by atoms with E-state index in [1.807, 2.05) is 0 Å². The zero-order valence-corrected chi connectivity index (χ0v) is 18.8. The molecule has 0 bridgehead atoms. The third kappa shape index (κ3) is 5.32. The van der Waals surface area contributed by atoms with Gasteiger partial charge in [0.05, 0.1) is 24.0 Å². The number of amides is 2. The highest BCUT2D eigenvalue weighted by atomic mass is 32.2. The Labute approximate surface area is 193 Å². The number of hydrogen-bond donors (Lipinski definition) is 0. The van der Waals surface area contributed by atoms with Crippen LogP contribution < -0.4 is 9.47 Å². The number of hydrogen-bond acceptors (Lipinski definition) is 9. The Morgan fingerprint density at radius 3 is 2.61 bits per heavy atom. The van der Waals surface area contributed by atoms with Crippen molar-refractivity contribution in [1.29, 1.82) is 0 Å². The van der Waals surface area contributed by atoms with Gasteiger partial charge in [0.25, 0.3) is 16.8 Å². The monoisotopic (exact) mass is 472 g/mol. The van der Waals surface area contributed by atoms with E-state index in [1.165, 1.54) is 39.4 Å². The minimum absolute atomic E-state index is 0.0334. The van der Waals surface area contributed by atoms with E-state index in [4.69, 9.17) is 9.47 Å². The minimum Gasteiger partial charge on any atom is -0.493 e. The highest BCUT2D eigenvalue weighted by Gasteiger charge is 2.41. The lowest BCUT2D eigenvalue weighted by molar-refractivity contribution is -0.384. The molecule has 1 aliphatic rings. The molecule has 2 aromatic carbocycles. The van der Waals surface area contributed by atoms with E-state index in [0.29, 0.717) is 22.6 Å². The molecule has 10 nitrogen and oxygen atoms in total. The average Bonchev–Trinajstić information content (AvgIpc) is 3.09. The first kappa shape index (κ1) is 23.8. The van der Waals surface area contributed by atoms with Gasteiger partial charge in [0.15, 0.2) is 11.5 Å². The summed E-state index contributed by atoms with van der Waals surface area (Å²) < 4.78 is 15.7. The normalized spacial score (nSPS) is 15.5. The van der Waals surface area contributed by atoms with Crippen LogP contribution in [0.5, 0.6) is 11.5 Å². The number of non-ortho nitro benzene ring substituents is 1. The molecule has 0 unspecified atom stereocenters. The Balaban J connectivity index is 1.77. The van der Waals surface area contributed by atoms with Crippen molar-refractivity contribution in [2.45, 2.75) is 19.6 Å². The number of nitro groups is 1. The first-order valence-electron chi connectivity index (χ1n) is 9.64. The summed E-state index contributed by atoms with van der Waals surface area (Å²) in [6.07, 6.45) is 1.52. The zero-order valence-electron chi connectivity index (χ0n) is 18.0. The van der Waals surface area contributed by atoms with Gasteiger partial charge in [-0.1, -0.05) is 18.2 Å². The van der Waals surface area contributed by atoms with Crippen LogP contribution >= 0.6 is 11.8 Å². The number of benzene rings is 2. The molecule has 0 aliphatic carbocycles. The van der Waals surface area contributed by atoms with Crippen LogP contribution in [0.2, 0.25) is 0 Å². The summed E-state index contributed by atoms with van der Waals surface area (Å²) in [5.41, 5.74) is 1.16. The Kier molecular flexibility index (Phi) is 7.34. The molecule has 1 saturated heterocycles. The lowest BCUT2D eigenvalue weighted by Crippen LogP contribution is -2.42. The van der Waals surface area contributed by atoms with E-state index in [2.05, 4.69) is 4.74 Å². The predicted molar refractivity (Wildman–Crippen MR) is 120 cm³/mol. The van der Waals surface area contributed by atoms with Gasteiger partial charge in [0, 0.05) is 12.1 Å². The van der Waals surface area contributed by atoms with E-state index in [1.54, 1.807) is 30.3 Å². The summed E-state index contributed by atoms with van der Waals surface area (Å²) in [4.78, 5) is 48.1. The fourth-order valence-corrected chi connectivity index (χ4v) is 3.96. The van der Waals surface area contributed by atoms with Crippen LogP contribution in [0.3, 0.4) is 0 Å². The Bertz CT molecular complexity index is 1150. The fourth-order valence-electron chi connectivity index (χ4n) is 3.06. The van der Waals surface area contributed by atoms with Crippen molar-refractivity contribution in [2.24, 2.45) is 0 Å². The molecule has 1 fully saturated rings. The lowest BCUT2D eigenvalue weighted by atomic mass is 10.1. The van der Waals surface area contributed by atoms with E-state index in [9.17, 15) is 24.5 Å². The standard InChI is InChI=1S/C22H20N2O8S/c1-13(21(26)31-3)23-20(25)19(33-22(23)27)11-14-7-8-17(18(10-14)30-2)32-12-15-5-4-6-16(9-15)24(28)29/h4-11,13H,12H2,1-3H3/b19-11-/t13-/m0/s1. The maximum Gasteiger partial charge on any atom is 0.328 e. The molecule has 33 heavy (non-hydrogen) atoms. The second-order valence-corrected chi connectivity index (χ2v) is 7.87. The van der Waals surface area contributed by atoms with Gasteiger partial charge in [0.2, 0.25) is 0 Å². The third-order valence-electron chi connectivity index (χ3n) is 4.75. The number of nitro benzene ring substituents is 1. The molecule has 0 spiro atoms. The van der Waals surface area contributed by atoms with E-state index < -0.39 is 28.1 Å². The number of imide groups is 1. The molecule has 1 heterocycles. The summed E-state index contributed by atoms with van der Waals surface area (Å²) in [6.45, 7) is 1.50. The van der Waals surface area contributed by atoms with Crippen LogP contribution in [0, 0.1) is 10.1 Å². The van der Waals surface area contributed by atoms with Crippen molar-refractivity contribution in [3.05, 3.63) is 68.6 Å². The maximum atomic E-state index is 12.6. The number of carbonyl (C=O) groups excluding carboxylic acids is 3. The summed E-state index contributed by atoms with van der Waals surface area (Å²) in [5.74, 6) is -0.511. The highest BCUT2D eigenvalue weighted by Crippen LogP contribution is 2.36. The number of rotatable bonds is 8. The number of carbonyl (C=O) groups is 3. The first-order valence-corrected chi connectivity index (χ1v) is 10.5. The van der Waals surface area contributed by atoms with Crippen molar-refractivity contribution < 1.29 is 33.5 Å². The summed E-state index contributed by atoms with van der Waals surface area (Å²) in [6, 6.07) is 9.99. The molecule has 0 aromatic heterocycles. The van der Waals surface area contributed by atoms with Crippen LogP contribution in [0.15, 0.2) is 47.4 Å². The van der Waals surface area contributed by atoms with Gasteiger partial charge in [-0.2, -0.15) is 0 Å². The van der Waals surface area contributed by atoms with E-state index >= 15 is 0 Å². The number of esters is 1. The first-order chi connectivity index (χ1) is 15.7. The van der Waals surface area contributed by atoms with Gasteiger partial charge >= 0.3 is 5.97 Å². The lowest BCUT2D eigenvalue weighted by Gasteiger charge is -2.18. The Hall–Kier alpha value is -3.86. The number of ether oxygens (including phenoxy) is 3. The van der Waals surface area contributed by atoms with Gasteiger partial charge < -0.3 is 14.2 Å². The summed E-state index contributed by atoms with van der Waals surface area (Å²) >= 11 is 0.725. The highest BCUT2D eigenvalue weighted by molar-refractivity contribution is 8.18. The predicted octanol–water partition coefficient (Wildman–Crippen LogP) is 3.78. The van der Waals surface area contributed by atoms with Crippen molar-refractivity contribution in [2.75, 3.05) is 14.2 Å². The third-order valence-corrected chi connectivity index (χ3v) is 5.64. The van der Waals surface area contributed by atoms with Crippen molar-refractivity contribution in [1.82, 2.24) is 4.90 Å². The summed E-state index contributed by atoms with van der Waals surface area (Å²) in [7, 11) is 2.63. The van der Waals surface area contributed by atoms with Crippen LogP contribution in [0.4, 0.5) is 10.5 Å². The molecule has 11 heteroatoms. The van der Waals surface area contributed by atoms with Crippen LogP contribution in [-0.4, -0.2) is 47.2 Å². The topological polar surface area (TPSA) is 125 Å². The number of thioether (sulfide) groups is 1. The zero-order chi connectivity index (χ0) is 24.1. The van der Waals surface area contributed by atoms with E-state index in [0.717, 1.165) is 16.7 Å². The molecule has 0 saturated carbocycles. The Morgan fingerprint density at radius 1 is 1.18 bits per heavy atom. The molecule has 0 radical (unpaired) electrons. The second-order valence-electron chi connectivity index (χ2n) is 6.88. The molecular weight excluding hydrogens is 452 g/mol. The molecule has 3 rings (SSSR count). The molecule has 0 N–H and O–H groups in total. The molecule has 1 atom stereocenters. The smallest absolute Gasteiger partial charge is 0.328 e. The SMILES string of the molecule is COC(=O)[C@H](C)N1C(=O)S/C(=C\c2ccc(OCc3cccc([N+](=O)[O-])c3)c(OC)c2)C1=O. The quantitative estimate of drug-likeness (QED) is 0.244. The second kappa shape index (κ2) is 10.2. The summed E-state index contributed by atoms with van der Waals surface area (Å²) in [5, 5.41) is 10.4. The van der Waals surface area contributed by atoms with Crippen LogP contribution in [0.1, 0.15) is 18.1 Å². The molecule has 172 valence electrons. The van der Waals surface area contributed by atoms with Crippen molar-refractivity contribution >= 4 is 40.6 Å². The van der Waals surface area contributed by atoms with Crippen molar-refractivity contribution in [3.63, 3.8) is 0 Å². The van der Waals surface area contributed by atoms with E-state index in [-0.39, 0.29) is 17.2 Å². The van der Waals surface area contributed by atoms with Gasteiger partial charge in [0.1, 0.15) is 12.6 Å². The average molecular weight is 472 g/mol. The van der Waals surface area contributed by atoms with Gasteiger partial charge in [-0.15, -0.1) is 0 Å². The van der Waals surface area contributed by atoms with Gasteiger partial charge in [-0.25, -0.2) is 4.79 Å². The minimum atomic E-state index is -1.03. The number of methoxy groups -OCH3 is 2.